The molecular formula is C25H31N7O3S2. The van der Waals surface area contributed by atoms with E-state index in [1.54, 1.807) is 29.2 Å². The van der Waals surface area contributed by atoms with Crippen molar-refractivity contribution in [2.75, 3.05) is 54.2 Å². The summed E-state index contributed by atoms with van der Waals surface area (Å²) in [6.07, 6.45) is 1.83. The van der Waals surface area contributed by atoms with Gasteiger partial charge in [0.05, 0.1) is 18.9 Å². The topological polar surface area (TPSA) is 128 Å². The SMILES string of the molecule is C=CCOC(=O)Nc1cc(N)cc(CNc2cc(N3CCOCC3)cc(CSc3nnc(CC)s3)n2)c1. The first-order valence-corrected chi connectivity index (χ1v) is 13.8. The molecule has 196 valence electrons. The van der Waals surface area contributed by atoms with Gasteiger partial charge < -0.3 is 25.4 Å². The van der Waals surface area contributed by atoms with E-state index in [1.165, 1.54) is 6.08 Å². The predicted octanol–water partition coefficient (Wildman–Crippen LogP) is 4.55. The van der Waals surface area contributed by atoms with Crippen LogP contribution in [0.5, 0.6) is 0 Å². The number of nitrogen functional groups attached to an aromatic ring is 1. The standard InChI is InChI=1S/C25H31N7O3S2/c1-3-7-35-24(33)29-19-11-17(10-18(26)12-19)15-27-22-14-21(32-5-8-34-9-6-32)13-20(28-22)16-36-25-31-30-23(4-2)37-25/h3,10-14H,1,4-9,15-16,26H2,2H3,(H,27,28)(H,29,33). The van der Waals surface area contributed by atoms with Crippen LogP contribution < -0.4 is 21.3 Å². The van der Waals surface area contributed by atoms with Crippen LogP contribution >= 0.6 is 23.1 Å². The summed E-state index contributed by atoms with van der Waals surface area (Å²) in [5, 5.41) is 15.6. The summed E-state index contributed by atoms with van der Waals surface area (Å²) in [5.74, 6) is 1.44. The van der Waals surface area contributed by atoms with E-state index in [9.17, 15) is 4.79 Å². The maximum absolute atomic E-state index is 11.9. The Morgan fingerprint density at radius 2 is 2.11 bits per heavy atom. The van der Waals surface area contributed by atoms with Crippen LogP contribution in [0.3, 0.4) is 0 Å². The van der Waals surface area contributed by atoms with Crippen molar-refractivity contribution in [1.82, 2.24) is 15.2 Å². The molecule has 0 spiro atoms. The number of hydrogen-bond acceptors (Lipinski definition) is 11. The summed E-state index contributed by atoms with van der Waals surface area (Å²) in [6, 6.07) is 9.57. The van der Waals surface area contributed by atoms with Gasteiger partial charge >= 0.3 is 6.09 Å². The number of carbonyl (C=O) groups excluding carboxylic acids is 1. The number of nitrogens with one attached hydrogen (secondary N) is 2. The third-order valence-electron chi connectivity index (χ3n) is 5.40. The van der Waals surface area contributed by atoms with Gasteiger partial charge in [-0.05, 0) is 36.2 Å². The van der Waals surface area contributed by atoms with E-state index in [2.05, 4.69) is 51.4 Å². The molecule has 1 aromatic carbocycles. The number of anilines is 4. The van der Waals surface area contributed by atoms with E-state index in [0.29, 0.717) is 36.9 Å². The maximum atomic E-state index is 11.9. The Balaban J connectivity index is 1.48. The van der Waals surface area contributed by atoms with Crippen LogP contribution in [-0.4, -0.2) is 54.2 Å². The molecule has 1 aliphatic rings. The zero-order valence-corrected chi connectivity index (χ0v) is 22.4. The van der Waals surface area contributed by atoms with Gasteiger partial charge in [0.1, 0.15) is 17.4 Å². The van der Waals surface area contributed by atoms with Crippen LogP contribution in [0.25, 0.3) is 0 Å². The number of hydrogen-bond donors (Lipinski definition) is 3. The molecule has 0 radical (unpaired) electrons. The maximum Gasteiger partial charge on any atom is 0.411 e. The molecule has 2 aromatic heterocycles. The van der Waals surface area contributed by atoms with Crippen LogP contribution in [0.2, 0.25) is 0 Å². The molecule has 3 heterocycles. The Labute approximate surface area is 224 Å². The molecule has 0 aliphatic carbocycles. The summed E-state index contributed by atoms with van der Waals surface area (Å²) < 4.78 is 11.5. The molecule has 3 aromatic rings. The van der Waals surface area contributed by atoms with Gasteiger partial charge in [-0.3, -0.25) is 5.32 Å². The van der Waals surface area contributed by atoms with E-state index in [0.717, 1.165) is 51.6 Å². The Hall–Kier alpha value is -3.35. The molecule has 1 saturated heterocycles. The number of benzene rings is 1. The third kappa shape index (κ3) is 8.07. The van der Waals surface area contributed by atoms with Crippen molar-refractivity contribution in [3.05, 3.63) is 59.3 Å². The molecule has 1 fully saturated rings. The van der Waals surface area contributed by atoms with E-state index in [1.807, 2.05) is 12.1 Å². The largest absolute Gasteiger partial charge is 0.445 e. The summed E-state index contributed by atoms with van der Waals surface area (Å²) in [4.78, 5) is 19.1. The number of rotatable bonds is 11. The smallest absolute Gasteiger partial charge is 0.411 e. The number of thioether (sulfide) groups is 1. The lowest BCUT2D eigenvalue weighted by Gasteiger charge is -2.29. The second-order valence-electron chi connectivity index (χ2n) is 8.23. The summed E-state index contributed by atoms with van der Waals surface area (Å²) in [7, 11) is 0. The van der Waals surface area contributed by atoms with Crippen molar-refractivity contribution in [1.29, 1.82) is 0 Å². The quantitative estimate of drug-likeness (QED) is 0.181. The predicted molar refractivity (Wildman–Crippen MR) is 149 cm³/mol. The van der Waals surface area contributed by atoms with Crippen LogP contribution in [0.4, 0.5) is 27.7 Å². The Kier molecular flexibility index (Phi) is 9.58. The Morgan fingerprint density at radius 3 is 2.86 bits per heavy atom. The van der Waals surface area contributed by atoms with Crippen molar-refractivity contribution < 1.29 is 14.3 Å². The van der Waals surface area contributed by atoms with Crippen LogP contribution in [0.1, 0.15) is 23.2 Å². The van der Waals surface area contributed by atoms with Gasteiger partial charge in [-0.1, -0.05) is 42.7 Å². The van der Waals surface area contributed by atoms with Gasteiger partial charge in [-0.2, -0.15) is 0 Å². The minimum atomic E-state index is -0.562. The molecule has 0 saturated carbocycles. The van der Waals surface area contributed by atoms with Gasteiger partial charge in [0.25, 0.3) is 0 Å². The van der Waals surface area contributed by atoms with Gasteiger partial charge in [0.2, 0.25) is 0 Å². The van der Waals surface area contributed by atoms with Gasteiger partial charge in [0.15, 0.2) is 4.34 Å². The lowest BCUT2D eigenvalue weighted by molar-refractivity contribution is 0.122. The number of pyridine rings is 1. The lowest BCUT2D eigenvalue weighted by atomic mass is 10.1. The Bertz CT molecular complexity index is 1210. The minimum absolute atomic E-state index is 0.132. The molecule has 4 N–H and O–H groups in total. The Morgan fingerprint density at radius 1 is 1.27 bits per heavy atom. The fourth-order valence-electron chi connectivity index (χ4n) is 3.69. The third-order valence-corrected chi connectivity index (χ3v) is 7.64. The number of aryl methyl sites for hydroxylation is 1. The lowest BCUT2D eigenvalue weighted by Crippen LogP contribution is -2.36. The highest BCUT2D eigenvalue weighted by molar-refractivity contribution is 8.00. The van der Waals surface area contributed by atoms with Crippen LogP contribution in [0, 0.1) is 0 Å². The molecule has 37 heavy (non-hydrogen) atoms. The minimum Gasteiger partial charge on any atom is -0.445 e. The first kappa shape index (κ1) is 26.7. The van der Waals surface area contributed by atoms with Crippen molar-refractivity contribution in [3.63, 3.8) is 0 Å². The molecule has 0 unspecified atom stereocenters. The molecule has 0 atom stereocenters. The van der Waals surface area contributed by atoms with Crippen LogP contribution in [0.15, 0.2) is 47.3 Å². The number of ether oxygens (including phenoxy) is 2. The summed E-state index contributed by atoms with van der Waals surface area (Å²) in [6.45, 7) is 9.29. The zero-order valence-electron chi connectivity index (χ0n) is 20.7. The van der Waals surface area contributed by atoms with E-state index >= 15 is 0 Å². The summed E-state index contributed by atoms with van der Waals surface area (Å²) >= 11 is 3.26. The van der Waals surface area contributed by atoms with Gasteiger partial charge in [0, 0.05) is 48.5 Å². The molecule has 1 amide bonds. The highest BCUT2D eigenvalue weighted by atomic mass is 32.2. The molecule has 0 bridgehead atoms. The zero-order chi connectivity index (χ0) is 26.0. The number of amides is 1. The number of nitrogens with zero attached hydrogens (tertiary/aromatic N) is 4. The van der Waals surface area contributed by atoms with Crippen molar-refractivity contribution in [3.8, 4) is 0 Å². The molecule has 10 nitrogen and oxygen atoms in total. The molecule has 4 rings (SSSR count). The van der Waals surface area contributed by atoms with Crippen LogP contribution in [-0.2, 0) is 28.2 Å². The number of nitrogens with two attached hydrogens (primary N) is 1. The normalized spacial score (nSPS) is 13.3. The number of carbonyl (C=O) groups is 1. The second kappa shape index (κ2) is 13.3. The van der Waals surface area contributed by atoms with Crippen molar-refractivity contribution in [2.45, 2.75) is 30.0 Å². The van der Waals surface area contributed by atoms with E-state index in [-0.39, 0.29) is 6.61 Å². The molecule has 12 heteroatoms. The van der Waals surface area contributed by atoms with Gasteiger partial charge in [-0.25, -0.2) is 9.78 Å². The van der Waals surface area contributed by atoms with Gasteiger partial charge in [-0.15, -0.1) is 10.2 Å². The fourth-order valence-corrected chi connectivity index (χ4v) is 5.42. The number of aromatic nitrogens is 3. The van der Waals surface area contributed by atoms with Crippen molar-refractivity contribution in [2.24, 2.45) is 0 Å². The average molecular weight is 542 g/mol. The average Bonchev–Trinajstić information content (AvgIpc) is 3.38. The summed E-state index contributed by atoms with van der Waals surface area (Å²) in [5.41, 5.74) is 10.1. The highest BCUT2D eigenvalue weighted by Crippen LogP contribution is 2.29. The van der Waals surface area contributed by atoms with E-state index in [4.69, 9.17) is 20.2 Å². The molecule has 1 aliphatic heterocycles. The first-order valence-electron chi connectivity index (χ1n) is 12.0. The molecular weight excluding hydrogens is 510 g/mol. The first-order chi connectivity index (χ1) is 18.0. The second-order valence-corrected chi connectivity index (χ2v) is 10.5. The highest BCUT2D eigenvalue weighted by Gasteiger charge is 2.15. The number of morpholine rings is 1. The van der Waals surface area contributed by atoms with E-state index < -0.39 is 6.09 Å². The fraction of sp³-hybridized carbons (Fsp3) is 0.360. The van der Waals surface area contributed by atoms with Crippen molar-refractivity contribution >= 4 is 52.1 Å². The monoisotopic (exact) mass is 541 g/mol.